The molecule has 1 fully saturated rings. The number of alkyl halides is 1. The first kappa shape index (κ1) is 12.0. The number of rotatable bonds is 5. The Labute approximate surface area is 93.6 Å². The van der Waals surface area contributed by atoms with Gasteiger partial charge in [-0.2, -0.15) is 0 Å². The molecule has 0 heterocycles. The molecule has 0 aromatic carbocycles. The zero-order valence-corrected chi connectivity index (χ0v) is 10.2. The van der Waals surface area contributed by atoms with Crippen LogP contribution in [-0.2, 0) is 4.79 Å². The molecule has 82 valence electrons. The van der Waals surface area contributed by atoms with Gasteiger partial charge in [0.15, 0.2) is 0 Å². The second-order valence-electron chi connectivity index (χ2n) is 3.72. The van der Waals surface area contributed by atoms with Crippen LogP contribution in [0, 0.1) is 0 Å². The summed E-state index contributed by atoms with van der Waals surface area (Å²) in [6.45, 7) is 2.52. The van der Waals surface area contributed by atoms with Crippen LogP contribution < -0.4 is 0 Å². The lowest BCUT2D eigenvalue weighted by Crippen LogP contribution is -2.48. The molecule has 1 saturated carbocycles. The van der Waals surface area contributed by atoms with Crippen LogP contribution in [0.4, 0.5) is 0 Å². The summed E-state index contributed by atoms with van der Waals surface area (Å²) in [5.74, 6) is 0.131. The van der Waals surface area contributed by atoms with E-state index >= 15 is 0 Å². The van der Waals surface area contributed by atoms with Gasteiger partial charge in [-0.3, -0.25) is 4.79 Å². The number of halogens is 1. The third-order valence-electron chi connectivity index (χ3n) is 2.77. The van der Waals surface area contributed by atoms with Gasteiger partial charge in [-0.1, -0.05) is 22.9 Å². The summed E-state index contributed by atoms with van der Waals surface area (Å²) in [6, 6.07) is 0.376. The maximum atomic E-state index is 11.9. The standard InChI is InChI=1S/C10H18BrNO2/c1-2-9(11)10(14)12(6-7-13)8-4-3-5-8/h8-9,13H,2-7H2,1H3. The number of carbonyl (C=O) groups excluding carboxylic acids is 1. The van der Waals surface area contributed by atoms with E-state index < -0.39 is 0 Å². The second kappa shape index (κ2) is 5.71. The molecule has 4 heteroatoms. The number of hydrogen-bond acceptors (Lipinski definition) is 2. The van der Waals surface area contributed by atoms with Crippen molar-refractivity contribution in [1.29, 1.82) is 0 Å². The largest absolute Gasteiger partial charge is 0.395 e. The molecule has 1 N–H and O–H groups in total. The lowest BCUT2D eigenvalue weighted by atomic mass is 9.91. The van der Waals surface area contributed by atoms with E-state index in [1.807, 2.05) is 11.8 Å². The number of hydrogen-bond donors (Lipinski definition) is 1. The van der Waals surface area contributed by atoms with E-state index in [0.717, 1.165) is 19.3 Å². The van der Waals surface area contributed by atoms with Crippen molar-refractivity contribution in [3.05, 3.63) is 0 Å². The van der Waals surface area contributed by atoms with Crippen LogP contribution in [0.25, 0.3) is 0 Å². The average molecular weight is 264 g/mol. The summed E-state index contributed by atoms with van der Waals surface area (Å²) in [6.07, 6.45) is 4.19. The van der Waals surface area contributed by atoms with Crippen LogP contribution >= 0.6 is 15.9 Å². The van der Waals surface area contributed by atoms with Gasteiger partial charge in [0.25, 0.3) is 0 Å². The Bertz CT molecular complexity index is 195. The van der Waals surface area contributed by atoms with Crippen LogP contribution in [0.2, 0.25) is 0 Å². The molecule has 1 amide bonds. The first-order valence-corrected chi connectivity index (χ1v) is 6.17. The van der Waals surface area contributed by atoms with Gasteiger partial charge >= 0.3 is 0 Å². The monoisotopic (exact) mass is 263 g/mol. The first-order valence-electron chi connectivity index (χ1n) is 5.26. The van der Waals surface area contributed by atoms with Crippen LogP contribution in [0.1, 0.15) is 32.6 Å². The third-order valence-corrected chi connectivity index (χ3v) is 3.80. The second-order valence-corrected chi connectivity index (χ2v) is 4.82. The van der Waals surface area contributed by atoms with Gasteiger partial charge < -0.3 is 10.0 Å². The highest BCUT2D eigenvalue weighted by molar-refractivity contribution is 9.10. The van der Waals surface area contributed by atoms with E-state index in [1.54, 1.807) is 0 Å². The van der Waals surface area contributed by atoms with Crippen molar-refractivity contribution >= 4 is 21.8 Å². The predicted octanol–water partition coefficient (Wildman–Crippen LogP) is 1.53. The topological polar surface area (TPSA) is 40.5 Å². The average Bonchev–Trinajstić information content (AvgIpc) is 2.12. The fourth-order valence-corrected chi connectivity index (χ4v) is 1.90. The van der Waals surface area contributed by atoms with Gasteiger partial charge in [0.2, 0.25) is 5.91 Å². The molecule has 1 unspecified atom stereocenters. The molecule has 0 aromatic rings. The summed E-state index contributed by atoms with van der Waals surface area (Å²) in [5, 5.41) is 8.90. The molecule has 0 aromatic heterocycles. The van der Waals surface area contributed by atoms with Gasteiger partial charge in [0.1, 0.15) is 0 Å². The highest BCUT2D eigenvalue weighted by Crippen LogP contribution is 2.26. The van der Waals surface area contributed by atoms with Crippen molar-refractivity contribution in [3.63, 3.8) is 0 Å². The van der Waals surface area contributed by atoms with Crippen molar-refractivity contribution < 1.29 is 9.90 Å². The molecule has 0 bridgehead atoms. The van der Waals surface area contributed by atoms with Crippen LogP contribution in [-0.4, -0.2) is 39.9 Å². The van der Waals surface area contributed by atoms with Gasteiger partial charge in [0, 0.05) is 12.6 Å². The number of carbonyl (C=O) groups is 1. The molecule has 3 nitrogen and oxygen atoms in total. The predicted molar refractivity (Wildman–Crippen MR) is 59.4 cm³/mol. The van der Waals surface area contributed by atoms with Gasteiger partial charge in [-0.05, 0) is 25.7 Å². The summed E-state index contributed by atoms with van der Waals surface area (Å²) in [5.41, 5.74) is 0. The Kier molecular flexibility index (Phi) is 4.89. The lowest BCUT2D eigenvalue weighted by Gasteiger charge is -2.38. The normalized spacial score (nSPS) is 18.8. The van der Waals surface area contributed by atoms with Crippen LogP contribution in [0.5, 0.6) is 0 Å². The van der Waals surface area contributed by atoms with E-state index in [-0.39, 0.29) is 17.3 Å². The maximum absolute atomic E-state index is 11.9. The summed E-state index contributed by atoms with van der Waals surface area (Å²) >= 11 is 3.36. The zero-order chi connectivity index (χ0) is 10.6. The minimum Gasteiger partial charge on any atom is -0.395 e. The number of aliphatic hydroxyl groups is 1. The van der Waals surface area contributed by atoms with Crippen molar-refractivity contribution in [1.82, 2.24) is 4.90 Å². The third kappa shape index (κ3) is 2.70. The van der Waals surface area contributed by atoms with Crippen molar-refractivity contribution in [3.8, 4) is 0 Å². The van der Waals surface area contributed by atoms with Crippen LogP contribution in [0.3, 0.4) is 0 Å². The minimum absolute atomic E-state index is 0.0612. The number of aliphatic hydroxyl groups excluding tert-OH is 1. The van der Waals surface area contributed by atoms with Crippen LogP contribution in [0.15, 0.2) is 0 Å². The molecular weight excluding hydrogens is 246 g/mol. The molecule has 0 radical (unpaired) electrons. The molecule has 1 aliphatic carbocycles. The van der Waals surface area contributed by atoms with E-state index in [1.165, 1.54) is 6.42 Å². The Balaban J connectivity index is 2.51. The maximum Gasteiger partial charge on any atom is 0.236 e. The van der Waals surface area contributed by atoms with Crippen molar-refractivity contribution in [2.24, 2.45) is 0 Å². The zero-order valence-electron chi connectivity index (χ0n) is 8.58. The highest BCUT2D eigenvalue weighted by Gasteiger charge is 2.30. The van der Waals surface area contributed by atoms with E-state index in [2.05, 4.69) is 15.9 Å². The molecule has 1 atom stereocenters. The molecule has 0 spiro atoms. The Hall–Kier alpha value is -0.0900. The van der Waals surface area contributed by atoms with Crippen molar-refractivity contribution in [2.45, 2.75) is 43.5 Å². The molecule has 14 heavy (non-hydrogen) atoms. The fourth-order valence-electron chi connectivity index (χ4n) is 1.63. The Morgan fingerprint density at radius 2 is 2.29 bits per heavy atom. The highest BCUT2D eigenvalue weighted by atomic mass is 79.9. The van der Waals surface area contributed by atoms with Gasteiger partial charge in [-0.25, -0.2) is 0 Å². The molecule has 1 aliphatic rings. The quantitative estimate of drug-likeness (QED) is 0.765. The summed E-state index contributed by atoms with van der Waals surface area (Å²) in [4.78, 5) is 13.6. The Morgan fingerprint density at radius 1 is 1.64 bits per heavy atom. The molecule has 0 saturated heterocycles. The van der Waals surface area contributed by atoms with Gasteiger partial charge in [0.05, 0.1) is 11.4 Å². The SMILES string of the molecule is CCC(Br)C(=O)N(CCO)C1CCC1. The van der Waals surface area contributed by atoms with Crippen molar-refractivity contribution in [2.75, 3.05) is 13.2 Å². The number of nitrogens with zero attached hydrogens (tertiary/aromatic N) is 1. The molecule has 1 rings (SSSR count). The fraction of sp³-hybridized carbons (Fsp3) is 0.900. The smallest absolute Gasteiger partial charge is 0.236 e. The van der Waals surface area contributed by atoms with E-state index in [4.69, 9.17) is 5.11 Å². The van der Waals surface area contributed by atoms with E-state index in [0.29, 0.717) is 12.6 Å². The summed E-state index contributed by atoms with van der Waals surface area (Å²) in [7, 11) is 0. The lowest BCUT2D eigenvalue weighted by molar-refractivity contribution is -0.135. The van der Waals surface area contributed by atoms with Gasteiger partial charge in [-0.15, -0.1) is 0 Å². The minimum atomic E-state index is -0.0883. The summed E-state index contributed by atoms with van der Waals surface area (Å²) < 4.78 is 0. The molecule has 0 aliphatic heterocycles. The molecular formula is C10H18BrNO2. The Morgan fingerprint density at radius 3 is 2.64 bits per heavy atom. The van der Waals surface area contributed by atoms with E-state index in [9.17, 15) is 4.79 Å². The first-order chi connectivity index (χ1) is 6.70. The number of amides is 1.